The normalized spacial score (nSPS) is 11.8. The zero-order valence-corrected chi connectivity index (χ0v) is 17.7. The van der Waals surface area contributed by atoms with Crippen molar-refractivity contribution in [2.45, 2.75) is 33.0 Å². The lowest BCUT2D eigenvalue weighted by Crippen LogP contribution is -2.08. The van der Waals surface area contributed by atoms with E-state index < -0.39 is 11.7 Å². The van der Waals surface area contributed by atoms with E-state index in [2.05, 4.69) is 4.98 Å². The van der Waals surface area contributed by atoms with Gasteiger partial charge in [0.05, 0.1) is 12.2 Å². The molecule has 0 aliphatic rings. The van der Waals surface area contributed by atoms with Crippen molar-refractivity contribution in [2.75, 3.05) is 6.61 Å². The topological polar surface area (TPSA) is 27.1 Å². The molecule has 2 heterocycles. The maximum absolute atomic E-state index is 13.1. The van der Waals surface area contributed by atoms with E-state index in [4.69, 9.17) is 4.74 Å². The summed E-state index contributed by atoms with van der Waals surface area (Å²) in [5.41, 5.74) is 3.90. The van der Waals surface area contributed by atoms with Gasteiger partial charge in [-0.05, 0) is 60.9 Å². The largest absolute Gasteiger partial charge is 0.476 e. The Kier molecular flexibility index (Phi) is 5.91. The molecule has 2 aromatic heterocycles. The summed E-state index contributed by atoms with van der Waals surface area (Å²) in [7, 11) is 0. The third kappa shape index (κ3) is 4.47. The predicted octanol–water partition coefficient (Wildman–Crippen LogP) is 6.48. The summed E-state index contributed by atoms with van der Waals surface area (Å²) in [4.78, 5) is 4.40. The SMILES string of the molecule is Cc1c(C)n(Cc2ccc(C(F)(F)F)cc2)c2c(OCCc3ccc(F)cc3)nccc12. The van der Waals surface area contributed by atoms with Gasteiger partial charge in [0.1, 0.15) is 11.3 Å². The van der Waals surface area contributed by atoms with Crippen LogP contribution >= 0.6 is 0 Å². The summed E-state index contributed by atoms with van der Waals surface area (Å²) in [6, 6.07) is 13.4. The summed E-state index contributed by atoms with van der Waals surface area (Å²) in [6.07, 6.45) is -2.08. The maximum Gasteiger partial charge on any atom is 0.416 e. The summed E-state index contributed by atoms with van der Waals surface area (Å²) in [5.74, 6) is 0.181. The first kappa shape index (κ1) is 21.9. The van der Waals surface area contributed by atoms with E-state index >= 15 is 0 Å². The number of fused-ring (bicyclic) bond motifs is 1. The monoisotopic (exact) mass is 442 g/mol. The molecule has 0 radical (unpaired) electrons. The van der Waals surface area contributed by atoms with Crippen LogP contribution in [-0.2, 0) is 19.1 Å². The predicted molar refractivity (Wildman–Crippen MR) is 115 cm³/mol. The Morgan fingerprint density at radius 1 is 0.906 bits per heavy atom. The fourth-order valence-electron chi connectivity index (χ4n) is 3.76. The molecule has 0 aliphatic carbocycles. The van der Waals surface area contributed by atoms with Crippen molar-refractivity contribution in [1.29, 1.82) is 0 Å². The number of hydrogen-bond acceptors (Lipinski definition) is 2. The number of nitrogens with zero attached hydrogens (tertiary/aromatic N) is 2. The van der Waals surface area contributed by atoms with Crippen LogP contribution in [0, 0.1) is 19.7 Å². The number of aromatic nitrogens is 2. The average molecular weight is 442 g/mol. The summed E-state index contributed by atoms with van der Waals surface area (Å²) in [6.45, 7) is 4.74. The molecular weight excluding hydrogens is 420 g/mol. The number of aryl methyl sites for hydroxylation is 1. The highest BCUT2D eigenvalue weighted by molar-refractivity contribution is 5.89. The van der Waals surface area contributed by atoms with E-state index in [9.17, 15) is 17.6 Å². The Morgan fingerprint density at radius 2 is 1.56 bits per heavy atom. The molecule has 4 rings (SSSR count). The van der Waals surface area contributed by atoms with Gasteiger partial charge in [-0.3, -0.25) is 0 Å². The van der Waals surface area contributed by atoms with Crippen LogP contribution in [-0.4, -0.2) is 16.2 Å². The molecule has 3 nitrogen and oxygen atoms in total. The van der Waals surface area contributed by atoms with Crippen LogP contribution in [0.1, 0.15) is 27.9 Å². The van der Waals surface area contributed by atoms with Crippen LogP contribution in [0.3, 0.4) is 0 Å². The highest BCUT2D eigenvalue weighted by Crippen LogP contribution is 2.33. The Labute approximate surface area is 183 Å². The van der Waals surface area contributed by atoms with Crippen molar-refractivity contribution >= 4 is 10.9 Å². The van der Waals surface area contributed by atoms with Crippen molar-refractivity contribution in [3.63, 3.8) is 0 Å². The Bertz CT molecular complexity index is 1230. The van der Waals surface area contributed by atoms with Gasteiger partial charge in [-0.1, -0.05) is 24.3 Å². The first-order valence-corrected chi connectivity index (χ1v) is 10.2. The fraction of sp³-hybridized carbons (Fsp3) is 0.240. The quantitative estimate of drug-likeness (QED) is 0.320. The molecule has 0 saturated carbocycles. The molecule has 0 amide bonds. The maximum atomic E-state index is 13.1. The van der Waals surface area contributed by atoms with Crippen LogP contribution < -0.4 is 4.74 Å². The summed E-state index contributed by atoms with van der Waals surface area (Å²) in [5, 5.41) is 0.987. The molecule has 0 fully saturated rings. The average Bonchev–Trinajstić information content (AvgIpc) is 3.00. The molecule has 0 bridgehead atoms. The second-order valence-corrected chi connectivity index (χ2v) is 7.73. The molecule has 0 aliphatic heterocycles. The standard InChI is InChI=1S/C25H22F4N2O/c1-16-17(2)31(15-19-3-7-20(8-4-19)25(27,28)29)23-22(16)11-13-30-24(23)32-14-12-18-5-9-21(26)10-6-18/h3-11,13H,12,14-15H2,1-2H3. The molecule has 166 valence electrons. The minimum atomic E-state index is -4.36. The molecule has 0 atom stereocenters. The van der Waals surface area contributed by atoms with E-state index in [0.29, 0.717) is 25.5 Å². The number of benzene rings is 2. The number of alkyl halides is 3. The second kappa shape index (κ2) is 8.65. The van der Waals surface area contributed by atoms with Crippen molar-refractivity contribution in [3.05, 3.63) is 94.6 Å². The van der Waals surface area contributed by atoms with Gasteiger partial charge in [0.25, 0.3) is 0 Å². The second-order valence-electron chi connectivity index (χ2n) is 7.73. The summed E-state index contributed by atoms with van der Waals surface area (Å²) >= 11 is 0. The Morgan fingerprint density at radius 3 is 2.22 bits per heavy atom. The van der Waals surface area contributed by atoms with E-state index in [0.717, 1.165) is 45.4 Å². The molecule has 0 N–H and O–H groups in total. The minimum Gasteiger partial charge on any atom is -0.476 e. The van der Waals surface area contributed by atoms with E-state index in [1.54, 1.807) is 18.3 Å². The fourth-order valence-corrected chi connectivity index (χ4v) is 3.76. The van der Waals surface area contributed by atoms with Crippen molar-refractivity contribution in [3.8, 4) is 5.88 Å². The van der Waals surface area contributed by atoms with Gasteiger partial charge >= 0.3 is 6.18 Å². The van der Waals surface area contributed by atoms with Gasteiger partial charge < -0.3 is 9.30 Å². The lowest BCUT2D eigenvalue weighted by Gasteiger charge is -2.13. The number of ether oxygens (including phenoxy) is 1. The molecule has 0 unspecified atom stereocenters. The van der Waals surface area contributed by atoms with Gasteiger partial charge in [0, 0.05) is 30.2 Å². The zero-order valence-electron chi connectivity index (χ0n) is 17.7. The van der Waals surface area contributed by atoms with E-state index in [1.807, 2.05) is 24.5 Å². The minimum absolute atomic E-state index is 0.284. The van der Waals surface area contributed by atoms with Gasteiger partial charge in [-0.15, -0.1) is 0 Å². The Balaban J connectivity index is 1.61. The number of pyridine rings is 1. The first-order valence-electron chi connectivity index (χ1n) is 10.2. The van der Waals surface area contributed by atoms with Gasteiger partial charge in [0.2, 0.25) is 5.88 Å². The Hall–Kier alpha value is -3.35. The molecule has 0 spiro atoms. The highest BCUT2D eigenvalue weighted by atomic mass is 19.4. The molecular formula is C25H22F4N2O. The van der Waals surface area contributed by atoms with E-state index in [1.165, 1.54) is 24.3 Å². The molecule has 4 aromatic rings. The van der Waals surface area contributed by atoms with E-state index in [-0.39, 0.29) is 5.82 Å². The smallest absolute Gasteiger partial charge is 0.416 e. The highest BCUT2D eigenvalue weighted by Gasteiger charge is 2.30. The lowest BCUT2D eigenvalue weighted by molar-refractivity contribution is -0.137. The van der Waals surface area contributed by atoms with Crippen LogP contribution in [0.25, 0.3) is 10.9 Å². The lowest BCUT2D eigenvalue weighted by atomic mass is 10.1. The number of rotatable bonds is 6. The zero-order chi connectivity index (χ0) is 22.9. The number of halogens is 4. The molecule has 7 heteroatoms. The number of hydrogen-bond donors (Lipinski definition) is 0. The van der Waals surface area contributed by atoms with Crippen molar-refractivity contribution < 1.29 is 22.3 Å². The third-order valence-corrected chi connectivity index (χ3v) is 5.68. The van der Waals surface area contributed by atoms with Crippen molar-refractivity contribution in [2.24, 2.45) is 0 Å². The third-order valence-electron chi connectivity index (χ3n) is 5.68. The molecule has 0 saturated heterocycles. The van der Waals surface area contributed by atoms with Gasteiger partial charge in [-0.25, -0.2) is 9.37 Å². The van der Waals surface area contributed by atoms with Gasteiger partial charge in [-0.2, -0.15) is 13.2 Å². The van der Waals surface area contributed by atoms with Crippen LogP contribution in [0.2, 0.25) is 0 Å². The van der Waals surface area contributed by atoms with Crippen LogP contribution in [0.4, 0.5) is 17.6 Å². The van der Waals surface area contributed by atoms with Crippen molar-refractivity contribution in [1.82, 2.24) is 9.55 Å². The summed E-state index contributed by atoms with van der Waals surface area (Å²) < 4.78 is 59.8. The van der Waals surface area contributed by atoms with Gasteiger partial charge in [0.15, 0.2) is 0 Å². The van der Waals surface area contributed by atoms with Crippen LogP contribution in [0.5, 0.6) is 5.88 Å². The first-order chi connectivity index (χ1) is 15.2. The van der Waals surface area contributed by atoms with Crippen LogP contribution in [0.15, 0.2) is 60.8 Å². The molecule has 2 aromatic carbocycles. The molecule has 32 heavy (non-hydrogen) atoms.